The number of carbonyl (C=O) groups excluding carboxylic acids is 4. The van der Waals surface area contributed by atoms with Crippen LogP contribution in [0, 0.1) is 0 Å². The van der Waals surface area contributed by atoms with Gasteiger partial charge in [0.2, 0.25) is 5.91 Å². The smallest absolute Gasteiger partial charge is 0.334 e. The van der Waals surface area contributed by atoms with Crippen LogP contribution in [0.4, 0.5) is 10.5 Å². The fourth-order valence-corrected chi connectivity index (χ4v) is 2.34. The summed E-state index contributed by atoms with van der Waals surface area (Å²) in [5, 5.41) is 2.56. The summed E-state index contributed by atoms with van der Waals surface area (Å²) in [6, 6.07) is 4.07. The van der Waals surface area contributed by atoms with Gasteiger partial charge in [-0.3, -0.25) is 19.3 Å². The molecule has 2 aliphatic rings. The predicted octanol–water partition coefficient (Wildman–Crippen LogP) is 0.207. The molecule has 1 saturated heterocycles. The van der Waals surface area contributed by atoms with Crippen LogP contribution in [0.1, 0.15) is 6.42 Å². The first-order valence-electron chi connectivity index (χ1n) is 7.30. The number of anilines is 1. The van der Waals surface area contributed by atoms with Gasteiger partial charge in [-0.2, -0.15) is 0 Å². The van der Waals surface area contributed by atoms with E-state index in [1.165, 1.54) is 7.05 Å². The van der Waals surface area contributed by atoms with Gasteiger partial charge in [0.15, 0.2) is 11.5 Å². The Kier molecular flexibility index (Phi) is 4.07. The van der Waals surface area contributed by atoms with Gasteiger partial charge in [0.25, 0.3) is 0 Å². The Hall–Kier alpha value is -3.10. The van der Waals surface area contributed by atoms with Crippen LogP contribution in [0.5, 0.6) is 11.5 Å². The Morgan fingerprint density at radius 3 is 2.50 bits per heavy atom. The summed E-state index contributed by atoms with van der Waals surface area (Å²) in [6.45, 7) is 0.525. The number of carbonyl (C=O) groups is 4. The maximum atomic E-state index is 12.0. The molecule has 9 heteroatoms. The van der Waals surface area contributed by atoms with Gasteiger partial charge in [-0.25, -0.2) is 9.69 Å². The molecule has 0 radical (unpaired) electrons. The van der Waals surface area contributed by atoms with E-state index in [0.29, 0.717) is 40.2 Å². The van der Waals surface area contributed by atoms with Crippen molar-refractivity contribution in [3.05, 3.63) is 18.2 Å². The van der Waals surface area contributed by atoms with E-state index in [4.69, 9.17) is 9.47 Å². The minimum absolute atomic E-state index is 0.433. The predicted molar refractivity (Wildman–Crippen MR) is 80.6 cm³/mol. The zero-order chi connectivity index (χ0) is 17.3. The van der Waals surface area contributed by atoms with E-state index in [0.717, 1.165) is 6.42 Å². The molecule has 0 bridgehead atoms. The van der Waals surface area contributed by atoms with Gasteiger partial charge >= 0.3 is 17.8 Å². The Bertz CT molecular complexity index is 732. The molecule has 5 amide bonds. The summed E-state index contributed by atoms with van der Waals surface area (Å²) < 4.78 is 11.0. The molecule has 2 aliphatic heterocycles. The fraction of sp³-hybridized carbons (Fsp3) is 0.333. The zero-order valence-corrected chi connectivity index (χ0v) is 12.9. The molecule has 1 aromatic rings. The number of ether oxygens (including phenoxy) is 2. The second-order valence-electron chi connectivity index (χ2n) is 5.30. The van der Waals surface area contributed by atoms with Crippen molar-refractivity contribution in [3.8, 4) is 11.5 Å². The number of nitrogens with one attached hydrogen (secondary N) is 1. The number of benzene rings is 1. The monoisotopic (exact) mass is 333 g/mol. The first-order valence-corrected chi connectivity index (χ1v) is 7.30. The highest BCUT2D eigenvalue weighted by Gasteiger charge is 2.42. The van der Waals surface area contributed by atoms with Crippen molar-refractivity contribution in [2.75, 3.05) is 32.1 Å². The maximum Gasteiger partial charge on any atom is 0.334 e. The molecular weight excluding hydrogens is 318 g/mol. The maximum absolute atomic E-state index is 12.0. The number of urea groups is 1. The second kappa shape index (κ2) is 6.19. The summed E-state index contributed by atoms with van der Waals surface area (Å²) >= 11 is 0. The van der Waals surface area contributed by atoms with Crippen molar-refractivity contribution >= 4 is 29.4 Å². The van der Waals surface area contributed by atoms with E-state index in [-0.39, 0.29) is 0 Å². The van der Waals surface area contributed by atoms with Gasteiger partial charge in [0.05, 0.1) is 13.2 Å². The lowest BCUT2D eigenvalue weighted by molar-refractivity contribution is -0.143. The molecule has 126 valence electrons. The number of fused-ring (bicyclic) bond motifs is 1. The summed E-state index contributed by atoms with van der Waals surface area (Å²) in [6.07, 6.45) is 0.761. The van der Waals surface area contributed by atoms with Crippen molar-refractivity contribution in [1.82, 2.24) is 9.80 Å². The summed E-state index contributed by atoms with van der Waals surface area (Å²) in [5.41, 5.74) is 0.433. The van der Waals surface area contributed by atoms with Crippen LogP contribution in [0.3, 0.4) is 0 Å². The molecule has 0 unspecified atom stereocenters. The van der Waals surface area contributed by atoms with Crippen LogP contribution >= 0.6 is 0 Å². The van der Waals surface area contributed by atoms with E-state index in [1.807, 2.05) is 0 Å². The molecule has 0 aliphatic carbocycles. The van der Waals surface area contributed by atoms with Crippen LogP contribution in [-0.2, 0) is 14.4 Å². The molecule has 9 nitrogen and oxygen atoms in total. The van der Waals surface area contributed by atoms with E-state index >= 15 is 0 Å². The molecule has 0 atom stereocenters. The number of nitrogens with zero attached hydrogens (tertiary/aromatic N) is 2. The summed E-state index contributed by atoms with van der Waals surface area (Å²) in [7, 11) is 1.18. The molecule has 1 N–H and O–H groups in total. The largest absolute Gasteiger partial charge is 0.490 e. The molecule has 1 fully saturated rings. The van der Waals surface area contributed by atoms with Crippen LogP contribution in [0.25, 0.3) is 0 Å². The number of hydrogen-bond acceptors (Lipinski definition) is 6. The zero-order valence-electron chi connectivity index (χ0n) is 12.9. The van der Waals surface area contributed by atoms with Gasteiger partial charge in [-0.1, -0.05) is 0 Å². The van der Waals surface area contributed by atoms with Gasteiger partial charge in [0, 0.05) is 25.2 Å². The Morgan fingerprint density at radius 1 is 1.12 bits per heavy atom. The molecule has 3 rings (SSSR count). The SMILES string of the molecule is CN1C(=O)C(=O)N(CC(=O)Nc2ccc3c(c2)OCCCO3)C1=O. The van der Waals surface area contributed by atoms with Crippen LogP contribution < -0.4 is 14.8 Å². The van der Waals surface area contributed by atoms with E-state index < -0.39 is 30.3 Å². The van der Waals surface area contributed by atoms with Crippen LogP contribution in [-0.4, -0.2) is 60.4 Å². The normalized spacial score (nSPS) is 17.1. The van der Waals surface area contributed by atoms with Crippen molar-refractivity contribution in [3.63, 3.8) is 0 Å². The lowest BCUT2D eigenvalue weighted by Crippen LogP contribution is -2.38. The molecule has 0 spiro atoms. The van der Waals surface area contributed by atoms with Crippen LogP contribution in [0.15, 0.2) is 18.2 Å². The minimum Gasteiger partial charge on any atom is -0.490 e. The number of rotatable bonds is 3. The second-order valence-corrected chi connectivity index (χ2v) is 5.30. The number of amides is 5. The summed E-state index contributed by atoms with van der Waals surface area (Å²) in [5.74, 6) is -1.48. The molecule has 2 heterocycles. The van der Waals surface area contributed by atoms with Crippen molar-refractivity contribution < 1.29 is 28.7 Å². The van der Waals surface area contributed by atoms with Crippen molar-refractivity contribution in [1.29, 1.82) is 0 Å². The number of likely N-dealkylation sites (N-methyl/N-ethyl adjacent to an activating group) is 1. The highest BCUT2D eigenvalue weighted by molar-refractivity contribution is 6.44. The fourth-order valence-electron chi connectivity index (χ4n) is 2.34. The molecule has 0 aromatic heterocycles. The first-order chi connectivity index (χ1) is 11.5. The Labute approximate surface area is 137 Å². The highest BCUT2D eigenvalue weighted by Crippen LogP contribution is 2.32. The molecule has 0 saturated carbocycles. The minimum atomic E-state index is -1.02. The standard InChI is InChI=1S/C15H15N3O6/c1-17-13(20)14(21)18(15(17)22)8-12(19)16-9-3-4-10-11(7-9)24-6-2-5-23-10/h3-4,7H,2,5-6,8H2,1H3,(H,16,19). The lowest BCUT2D eigenvalue weighted by Gasteiger charge is -2.14. The lowest BCUT2D eigenvalue weighted by atomic mass is 10.2. The van der Waals surface area contributed by atoms with Gasteiger partial charge in [-0.15, -0.1) is 0 Å². The molecule has 1 aromatic carbocycles. The van der Waals surface area contributed by atoms with Gasteiger partial charge < -0.3 is 14.8 Å². The third kappa shape index (κ3) is 2.87. The first kappa shape index (κ1) is 15.8. The van der Waals surface area contributed by atoms with E-state index in [1.54, 1.807) is 18.2 Å². The third-order valence-corrected chi connectivity index (χ3v) is 3.58. The molecular formula is C15H15N3O6. The highest BCUT2D eigenvalue weighted by atomic mass is 16.5. The number of imide groups is 2. The van der Waals surface area contributed by atoms with Crippen LogP contribution in [0.2, 0.25) is 0 Å². The van der Waals surface area contributed by atoms with Crippen molar-refractivity contribution in [2.45, 2.75) is 6.42 Å². The van der Waals surface area contributed by atoms with E-state index in [9.17, 15) is 19.2 Å². The Morgan fingerprint density at radius 2 is 1.83 bits per heavy atom. The van der Waals surface area contributed by atoms with Gasteiger partial charge in [0.1, 0.15) is 6.54 Å². The average Bonchev–Trinajstić information content (AvgIpc) is 2.77. The number of hydrogen-bond donors (Lipinski definition) is 1. The Balaban J connectivity index is 1.67. The quantitative estimate of drug-likeness (QED) is 0.626. The van der Waals surface area contributed by atoms with E-state index in [2.05, 4.69) is 5.32 Å². The molecule has 24 heavy (non-hydrogen) atoms. The topological polar surface area (TPSA) is 105 Å². The summed E-state index contributed by atoms with van der Waals surface area (Å²) in [4.78, 5) is 48.1. The third-order valence-electron chi connectivity index (χ3n) is 3.58. The van der Waals surface area contributed by atoms with Crippen molar-refractivity contribution in [2.24, 2.45) is 0 Å². The average molecular weight is 333 g/mol. The van der Waals surface area contributed by atoms with Gasteiger partial charge in [-0.05, 0) is 12.1 Å².